The van der Waals surface area contributed by atoms with Gasteiger partial charge in [0.05, 0.1) is 18.2 Å². The van der Waals surface area contributed by atoms with Crippen molar-refractivity contribution in [2.24, 2.45) is 0 Å². The number of nitrogens with zero attached hydrogens (tertiary/aromatic N) is 1. The van der Waals surface area contributed by atoms with Crippen molar-refractivity contribution in [2.75, 3.05) is 25.2 Å². The van der Waals surface area contributed by atoms with Crippen LogP contribution in [-0.4, -0.2) is 38.2 Å². The van der Waals surface area contributed by atoms with Crippen LogP contribution in [0.2, 0.25) is 5.02 Å². The summed E-state index contributed by atoms with van der Waals surface area (Å²) >= 11 is 6.25. The maximum absolute atomic E-state index is 12.5. The van der Waals surface area contributed by atoms with Crippen molar-refractivity contribution in [1.82, 2.24) is 0 Å². The third kappa shape index (κ3) is 5.29. The number of amides is 1. The van der Waals surface area contributed by atoms with Crippen LogP contribution < -0.4 is 14.4 Å². The van der Waals surface area contributed by atoms with Gasteiger partial charge in [0.1, 0.15) is 0 Å². The summed E-state index contributed by atoms with van der Waals surface area (Å²) in [6.07, 6.45) is 2.65. The second-order valence-electron chi connectivity index (χ2n) is 6.53. The minimum Gasteiger partial charge on any atom is -0.489 e. The van der Waals surface area contributed by atoms with E-state index in [0.29, 0.717) is 35.3 Å². The highest BCUT2D eigenvalue weighted by Gasteiger charge is 2.21. The van der Waals surface area contributed by atoms with Gasteiger partial charge in [-0.2, -0.15) is 0 Å². The second-order valence-corrected chi connectivity index (χ2v) is 6.93. The van der Waals surface area contributed by atoms with Crippen molar-refractivity contribution >= 4 is 35.2 Å². The standard InChI is InChI=1S/C22H22ClNO5/c1-15(22(26)24(2)17-7-4-3-5-8-17)29-20(25)10-9-16-13-18(23)21-19(14-16)27-11-6-12-28-21/h3-5,7-10,13-15H,6,11-12H2,1-2H3/b10-9+/t15-/m1/s1. The number of rotatable bonds is 5. The van der Waals surface area contributed by atoms with E-state index < -0.39 is 12.1 Å². The molecular weight excluding hydrogens is 394 g/mol. The Morgan fingerprint density at radius 3 is 2.66 bits per heavy atom. The van der Waals surface area contributed by atoms with Gasteiger partial charge in [-0.1, -0.05) is 29.8 Å². The smallest absolute Gasteiger partial charge is 0.331 e. The van der Waals surface area contributed by atoms with Gasteiger partial charge in [0.15, 0.2) is 17.6 Å². The predicted octanol–water partition coefficient (Wildman–Crippen LogP) is 4.11. The van der Waals surface area contributed by atoms with Gasteiger partial charge in [0.2, 0.25) is 0 Å². The third-order valence-electron chi connectivity index (χ3n) is 4.35. The number of halogens is 1. The van der Waals surface area contributed by atoms with Crippen LogP contribution in [0.3, 0.4) is 0 Å². The molecule has 1 aliphatic heterocycles. The maximum atomic E-state index is 12.5. The number of benzene rings is 2. The molecule has 0 radical (unpaired) electrons. The van der Waals surface area contributed by atoms with Gasteiger partial charge in [-0.3, -0.25) is 4.79 Å². The zero-order valence-electron chi connectivity index (χ0n) is 16.3. The summed E-state index contributed by atoms with van der Waals surface area (Å²) < 4.78 is 16.4. The number of likely N-dealkylation sites (N-methyl/N-ethyl adjacent to an activating group) is 1. The Morgan fingerprint density at radius 2 is 1.90 bits per heavy atom. The quantitative estimate of drug-likeness (QED) is 0.543. The summed E-state index contributed by atoms with van der Waals surface area (Å²) in [6.45, 7) is 2.61. The first-order valence-electron chi connectivity index (χ1n) is 9.26. The molecule has 0 unspecified atom stereocenters. The Balaban J connectivity index is 1.63. The van der Waals surface area contributed by atoms with E-state index >= 15 is 0 Å². The number of hydrogen-bond donors (Lipinski definition) is 0. The van der Waals surface area contributed by atoms with Crippen LogP contribution in [0.25, 0.3) is 6.08 Å². The zero-order chi connectivity index (χ0) is 20.8. The number of hydrogen-bond acceptors (Lipinski definition) is 5. The molecule has 0 spiro atoms. The van der Waals surface area contributed by atoms with Crippen molar-refractivity contribution < 1.29 is 23.8 Å². The van der Waals surface area contributed by atoms with Gasteiger partial charge >= 0.3 is 5.97 Å². The summed E-state index contributed by atoms with van der Waals surface area (Å²) in [4.78, 5) is 26.1. The molecule has 2 aromatic rings. The average molecular weight is 416 g/mol. The van der Waals surface area contributed by atoms with Crippen LogP contribution >= 0.6 is 11.6 Å². The lowest BCUT2D eigenvalue weighted by molar-refractivity contribution is -0.148. The third-order valence-corrected chi connectivity index (χ3v) is 4.63. The molecule has 29 heavy (non-hydrogen) atoms. The molecule has 1 atom stereocenters. The zero-order valence-corrected chi connectivity index (χ0v) is 17.0. The van der Waals surface area contributed by atoms with Gasteiger partial charge in [-0.25, -0.2) is 4.79 Å². The van der Waals surface area contributed by atoms with Gasteiger partial charge in [-0.05, 0) is 42.8 Å². The first-order valence-corrected chi connectivity index (χ1v) is 9.64. The van der Waals surface area contributed by atoms with E-state index in [-0.39, 0.29) is 5.91 Å². The number of carbonyl (C=O) groups excluding carboxylic acids is 2. The Hall–Kier alpha value is -2.99. The molecule has 0 fully saturated rings. The van der Waals surface area contributed by atoms with Gasteiger partial charge in [0.25, 0.3) is 5.91 Å². The Kier molecular flexibility index (Phi) is 6.77. The Labute approximate surface area is 174 Å². The molecule has 0 N–H and O–H groups in total. The molecule has 7 heteroatoms. The van der Waals surface area contributed by atoms with Gasteiger partial charge in [0, 0.05) is 25.2 Å². The molecule has 0 aliphatic carbocycles. The predicted molar refractivity (Wildman–Crippen MR) is 111 cm³/mol. The monoisotopic (exact) mass is 415 g/mol. The molecule has 1 heterocycles. The van der Waals surface area contributed by atoms with Crippen molar-refractivity contribution in [3.8, 4) is 11.5 Å². The fraction of sp³-hybridized carbons (Fsp3) is 0.273. The fourth-order valence-corrected chi connectivity index (χ4v) is 3.10. The summed E-state index contributed by atoms with van der Waals surface area (Å²) in [5.74, 6) is 0.0928. The summed E-state index contributed by atoms with van der Waals surface area (Å²) in [5, 5.41) is 0.408. The number of ether oxygens (including phenoxy) is 3. The normalized spacial score (nSPS) is 14.2. The van der Waals surface area contributed by atoms with Crippen molar-refractivity contribution in [3.63, 3.8) is 0 Å². The van der Waals surface area contributed by atoms with Crippen molar-refractivity contribution in [2.45, 2.75) is 19.4 Å². The minimum atomic E-state index is -0.926. The summed E-state index contributed by atoms with van der Waals surface area (Å²) in [7, 11) is 1.64. The van der Waals surface area contributed by atoms with Crippen LogP contribution in [0.15, 0.2) is 48.5 Å². The molecule has 152 valence electrons. The number of para-hydroxylation sites is 1. The van der Waals surface area contributed by atoms with E-state index in [9.17, 15) is 9.59 Å². The first kappa shape index (κ1) is 20.7. The first-order chi connectivity index (χ1) is 14.0. The van der Waals surface area contributed by atoms with Crippen molar-refractivity contribution in [3.05, 3.63) is 59.1 Å². The molecular formula is C22H22ClNO5. The van der Waals surface area contributed by atoms with E-state index in [1.54, 1.807) is 37.4 Å². The van der Waals surface area contributed by atoms with E-state index in [2.05, 4.69) is 0 Å². The van der Waals surface area contributed by atoms with Gasteiger partial charge < -0.3 is 19.1 Å². The molecule has 0 saturated carbocycles. The number of fused-ring (bicyclic) bond motifs is 1. The van der Waals surface area contributed by atoms with E-state index in [1.807, 2.05) is 18.2 Å². The number of anilines is 1. The van der Waals surface area contributed by atoms with Crippen molar-refractivity contribution in [1.29, 1.82) is 0 Å². The van der Waals surface area contributed by atoms with Gasteiger partial charge in [-0.15, -0.1) is 0 Å². The van der Waals surface area contributed by atoms with Crippen LogP contribution in [0.1, 0.15) is 18.9 Å². The molecule has 0 bridgehead atoms. The number of esters is 1. The highest BCUT2D eigenvalue weighted by Crippen LogP contribution is 2.38. The fourth-order valence-electron chi connectivity index (χ4n) is 2.83. The lowest BCUT2D eigenvalue weighted by atomic mass is 10.2. The second kappa shape index (κ2) is 9.47. The molecule has 3 rings (SSSR count). The van der Waals surface area contributed by atoms with E-state index in [0.717, 1.165) is 12.1 Å². The largest absolute Gasteiger partial charge is 0.489 e. The van der Waals surface area contributed by atoms with Crippen LogP contribution in [0.4, 0.5) is 5.69 Å². The molecule has 2 aromatic carbocycles. The molecule has 0 aromatic heterocycles. The van der Waals surface area contributed by atoms with E-state index in [1.165, 1.54) is 17.9 Å². The number of carbonyl (C=O) groups is 2. The Morgan fingerprint density at radius 1 is 1.17 bits per heavy atom. The molecule has 1 amide bonds. The highest BCUT2D eigenvalue weighted by molar-refractivity contribution is 6.32. The molecule has 6 nitrogen and oxygen atoms in total. The lowest BCUT2D eigenvalue weighted by Crippen LogP contribution is -2.37. The highest BCUT2D eigenvalue weighted by atomic mass is 35.5. The lowest BCUT2D eigenvalue weighted by Gasteiger charge is -2.21. The summed E-state index contributed by atoms with van der Waals surface area (Å²) in [6, 6.07) is 12.6. The molecule has 0 saturated heterocycles. The topological polar surface area (TPSA) is 65.1 Å². The van der Waals surface area contributed by atoms with Crippen LogP contribution in [0.5, 0.6) is 11.5 Å². The average Bonchev–Trinajstić information content (AvgIpc) is 2.97. The van der Waals surface area contributed by atoms with Crippen LogP contribution in [-0.2, 0) is 14.3 Å². The van der Waals surface area contributed by atoms with Crippen LogP contribution in [0, 0.1) is 0 Å². The summed E-state index contributed by atoms with van der Waals surface area (Å²) in [5.41, 5.74) is 1.38. The maximum Gasteiger partial charge on any atom is 0.331 e. The SMILES string of the molecule is C[C@@H](OC(=O)/C=C/c1cc(Cl)c2c(c1)OCCCO2)C(=O)N(C)c1ccccc1. The minimum absolute atomic E-state index is 0.323. The van der Waals surface area contributed by atoms with E-state index in [4.69, 9.17) is 25.8 Å². The Bertz CT molecular complexity index is 913. The molecule has 1 aliphatic rings.